The summed E-state index contributed by atoms with van der Waals surface area (Å²) in [5.41, 5.74) is -0.0684. The Morgan fingerprint density at radius 1 is 1.10 bits per heavy atom. The number of amides is 2. The highest BCUT2D eigenvalue weighted by Gasteiger charge is 2.19. The largest absolute Gasteiger partial charge is 0.481 e. The van der Waals surface area contributed by atoms with Gasteiger partial charge in [0.15, 0.2) is 0 Å². The molecule has 0 rings (SSSR count). The first-order valence-electron chi connectivity index (χ1n) is 7.54. The van der Waals surface area contributed by atoms with Crippen molar-refractivity contribution in [3.63, 3.8) is 0 Å². The van der Waals surface area contributed by atoms with Gasteiger partial charge in [0.2, 0.25) is 0 Å². The van der Waals surface area contributed by atoms with Crippen molar-refractivity contribution in [3.05, 3.63) is 0 Å². The van der Waals surface area contributed by atoms with Crippen molar-refractivity contribution in [1.82, 2.24) is 10.6 Å². The molecule has 0 bridgehead atoms. The maximum absolute atomic E-state index is 11.6. The van der Waals surface area contributed by atoms with Crippen LogP contribution in [0.25, 0.3) is 0 Å². The average Bonchev–Trinajstić information content (AvgIpc) is 2.37. The third-order valence-corrected chi connectivity index (χ3v) is 3.81. The highest BCUT2D eigenvalue weighted by atomic mass is 16.4. The topological polar surface area (TPSA) is 78.4 Å². The van der Waals surface area contributed by atoms with Crippen LogP contribution in [0.4, 0.5) is 4.79 Å². The predicted octanol–water partition coefficient (Wildman–Crippen LogP) is 3.00. The quantitative estimate of drug-likeness (QED) is 0.577. The van der Waals surface area contributed by atoms with Gasteiger partial charge >= 0.3 is 12.0 Å². The Kier molecular flexibility index (Phi) is 9.01. The van der Waals surface area contributed by atoms with Gasteiger partial charge < -0.3 is 15.7 Å². The van der Waals surface area contributed by atoms with E-state index < -0.39 is 5.97 Å². The van der Waals surface area contributed by atoms with Crippen LogP contribution >= 0.6 is 0 Å². The number of hydrogen-bond donors (Lipinski definition) is 3. The van der Waals surface area contributed by atoms with E-state index in [2.05, 4.69) is 24.5 Å². The van der Waals surface area contributed by atoms with Crippen LogP contribution < -0.4 is 10.6 Å². The van der Waals surface area contributed by atoms with E-state index in [1.807, 2.05) is 13.8 Å². The van der Waals surface area contributed by atoms with Gasteiger partial charge in [-0.25, -0.2) is 4.79 Å². The lowest BCUT2D eigenvalue weighted by atomic mass is 9.84. The summed E-state index contributed by atoms with van der Waals surface area (Å²) in [6, 6.07) is -0.133. The van der Waals surface area contributed by atoms with Gasteiger partial charge in [0.1, 0.15) is 0 Å². The summed E-state index contributed by atoms with van der Waals surface area (Å²) in [4.78, 5) is 22.2. The van der Waals surface area contributed by atoms with E-state index in [1.165, 1.54) is 0 Å². The van der Waals surface area contributed by atoms with Crippen LogP contribution in [0.2, 0.25) is 0 Å². The molecular weight excluding hydrogens is 256 g/mol. The summed E-state index contributed by atoms with van der Waals surface area (Å²) in [5, 5.41) is 14.4. The van der Waals surface area contributed by atoms with Gasteiger partial charge in [-0.2, -0.15) is 0 Å². The van der Waals surface area contributed by atoms with E-state index in [9.17, 15) is 9.59 Å². The average molecular weight is 286 g/mol. The van der Waals surface area contributed by atoms with Crippen LogP contribution in [0.5, 0.6) is 0 Å². The van der Waals surface area contributed by atoms with Crippen molar-refractivity contribution in [1.29, 1.82) is 0 Å². The smallest absolute Gasteiger partial charge is 0.314 e. The van der Waals surface area contributed by atoms with Crippen molar-refractivity contribution >= 4 is 12.0 Å². The fraction of sp³-hybridized carbons (Fsp3) is 0.867. The van der Waals surface area contributed by atoms with E-state index in [4.69, 9.17) is 5.11 Å². The normalized spacial score (nSPS) is 11.4. The van der Waals surface area contributed by atoms with E-state index in [1.54, 1.807) is 0 Å². The molecule has 0 saturated carbocycles. The van der Waals surface area contributed by atoms with Gasteiger partial charge in [0, 0.05) is 19.5 Å². The number of carbonyl (C=O) groups excluding carboxylic acids is 1. The first-order valence-corrected chi connectivity index (χ1v) is 7.54. The Hall–Kier alpha value is -1.26. The minimum atomic E-state index is -0.769. The summed E-state index contributed by atoms with van der Waals surface area (Å²) in [7, 11) is 0. The SMILES string of the molecule is CCC(CC)CNC(=O)NCCC(C)(C)CCC(=O)O. The molecule has 2 amide bonds. The van der Waals surface area contributed by atoms with E-state index >= 15 is 0 Å². The molecule has 20 heavy (non-hydrogen) atoms. The van der Waals surface area contributed by atoms with E-state index in [-0.39, 0.29) is 17.9 Å². The zero-order valence-electron chi connectivity index (χ0n) is 13.3. The summed E-state index contributed by atoms with van der Waals surface area (Å²) in [5.74, 6) is -0.235. The first-order chi connectivity index (χ1) is 9.30. The molecule has 0 saturated heterocycles. The minimum absolute atomic E-state index is 0.0684. The Morgan fingerprint density at radius 2 is 1.70 bits per heavy atom. The van der Waals surface area contributed by atoms with Crippen molar-refractivity contribution in [2.75, 3.05) is 13.1 Å². The molecule has 0 spiro atoms. The number of urea groups is 1. The lowest BCUT2D eigenvalue weighted by Crippen LogP contribution is -2.39. The van der Waals surface area contributed by atoms with Crippen molar-refractivity contribution in [3.8, 4) is 0 Å². The number of carbonyl (C=O) groups is 2. The summed E-state index contributed by atoms with van der Waals surface area (Å²) < 4.78 is 0. The fourth-order valence-corrected chi connectivity index (χ4v) is 1.96. The standard InChI is InChI=1S/C15H30N2O3/c1-5-12(6-2)11-17-14(20)16-10-9-15(3,4)8-7-13(18)19/h12H,5-11H2,1-4H3,(H,18,19)(H2,16,17,20). The van der Waals surface area contributed by atoms with Crippen LogP contribution in [-0.2, 0) is 4.79 Å². The molecule has 0 fully saturated rings. The Bertz CT molecular complexity index is 299. The summed E-state index contributed by atoms with van der Waals surface area (Å²) in [6.07, 6.45) is 3.71. The third kappa shape index (κ3) is 9.64. The molecule has 0 heterocycles. The van der Waals surface area contributed by atoms with Crippen LogP contribution in [0.3, 0.4) is 0 Å². The molecule has 0 unspecified atom stereocenters. The van der Waals surface area contributed by atoms with Gasteiger partial charge in [-0.1, -0.05) is 40.5 Å². The molecule has 0 atom stereocenters. The number of carboxylic acid groups (broad SMARTS) is 1. The second-order valence-corrected chi connectivity index (χ2v) is 6.13. The minimum Gasteiger partial charge on any atom is -0.481 e. The first kappa shape index (κ1) is 18.7. The predicted molar refractivity (Wildman–Crippen MR) is 80.7 cm³/mol. The molecule has 0 aliphatic heterocycles. The van der Waals surface area contributed by atoms with Crippen molar-refractivity contribution in [2.24, 2.45) is 11.3 Å². The molecule has 0 aromatic heterocycles. The number of carboxylic acids is 1. The Balaban J connectivity index is 3.81. The van der Waals surface area contributed by atoms with Crippen LogP contribution in [0.1, 0.15) is 59.8 Å². The fourth-order valence-electron chi connectivity index (χ4n) is 1.96. The Morgan fingerprint density at radius 3 is 2.20 bits per heavy atom. The molecular formula is C15H30N2O3. The maximum Gasteiger partial charge on any atom is 0.314 e. The monoisotopic (exact) mass is 286 g/mol. The summed E-state index contributed by atoms with van der Waals surface area (Å²) >= 11 is 0. The van der Waals surface area contributed by atoms with Gasteiger partial charge in [0.25, 0.3) is 0 Å². The van der Waals surface area contributed by atoms with Gasteiger partial charge in [-0.05, 0) is 24.2 Å². The lowest BCUT2D eigenvalue weighted by molar-refractivity contribution is -0.137. The maximum atomic E-state index is 11.6. The highest BCUT2D eigenvalue weighted by molar-refractivity contribution is 5.73. The van der Waals surface area contributed by atoms with Crippen LogP contribution in [0, 0.1) is 11.3 Å². The number of rotatable bonds is 10. The second kappa shape index (κ2) is 9.61. The molecule has 0 aromatic carbocycles. The molecule has 0 aliphatic carbocycles. The van der Waals surface area contributed by atoms with Gasteiger partial charge in [0.05, 0.1) is 0 Å². The zero-order chi connectivity index (χ0) is 15.6. The Labute approximate surface area is 122 Å². The van der Waals surface area contributed by atoms with Crippen molar-refractivity contribution < 1.29 is 14.7 Å². The third-order valence-electron chi connectivity index (χ3n) is 3.81. The number of nitrogens with one attached hydrogen (secondary N) is 2. The number of aliphatic carboxylic acids is 1. The molecule has 0 aromatic rings. The molecule has 5 heteroatoms. The molecule has 5 nitrogen and oxygen atoms in total. The summed E-state index contributed by atoms with van der Waals surface area (Å²) in [6.45, 7) is 9.58. The van der Waals surface area contributed by atoms with Crippen molar-refractivity contribution in [2.45, 2.75) is 59.8 Å². The van der Waals surface area contributed by atoms with Crippen LogP contribution in [0.15, 0.2) is 0 Å². The second-order valence-electron chi connectivity index (χ2n) is 6.13. The van der Waals surface area contributed by atoms with Gasteiger partial charge in [-0.15, -0.1) is 0 Å². The molecule has 0 aliphatic rings. The zero-order valence-corrected chi connectivity index (χ0v) is 13.3. The molecule has 118 valence electrons. The highest BCUT2D eigenvalue weighted by Crippen LogP contribution is 2.25. The number of hydrogen-bond acceptors (Lipinski definition) is 2. The lowest BCUT2D eigenvalue weighted by Gasteiger charge is -2.24. The van der Waals surface area contributed by atoms with Gasteiger partial charge in [-0.3, -0.25) is 4.79 Å². The molecule has 3 N–H and O–H groups in total. The van der Waals surface area contributed by atoms with Crippen LogP contribution in [-0.4, -0.2) is 30.2 Å². The molecule has 0 radical (unpaired) electrons. The van der Waals surface area contributed by atoms with E-state index in [0.29, 0.717) is 25.4 Å². The van der Waals surface area contributed by atoms with E-state index in [0.717, 1.165) is 19.3 Å².